The number of likely N-dealkylation sites (N-methyl/N-ethyl adjacent to an activating group) is 1. The van der Waals surface area contributed by atoms with Crippen molar-refractivity contribution in [2.24, 2.45) is 5.92 Å². The number of nitrogens with one attached hydrogen (secondary N) is 2. The number of hydrogen-bond donors (Lipinski definition) is 3. The van der Waals surface area contributed by atoms with Gasteiger partial charge in [-0.3, -0.25) is 9.59 Å². The highest BCUT2D eigenvalue weighted by atomic mass is 16.4. The van der Waals surface area contributed by atoms with Gasteiger partial charge in [0.2, 0.25) is 5.91 Å². The van der Waals surface area contributed by atoms with E-state index in [-0.39, 0.29) is 18.5 Å². The molecule has 0 aromatic heterocycles. The van der Waals surface area contributed by atoms with Crippen molar-refractivity contribution in [2.75, 3.05) is 26.7 Å². The molecule has 3 N–H and O–H groups in total. The number of carboxylic acids is 1. The van der Waals surface area contributed by atoms with Gasteiger partial charge in [-0.05, 0) is 19.3 Å². The largest absolute Gasteiger partial charge is 0.481 e. The molecule has 0 aromatic rings. The van der Waals surface area contributed by atoms with Gasteiger partial charge in [-0.25, -0.2) is 4.79 Å². The maximum absolute atomic E-state index is 11.9. The number of nitrogens with zero attached hydrogens (tertiary/aromatic N) is 1. The standard InChI is InChI=1S/C13H25N3O4/c1-4-8-16(9-11(17)14-3)13(20)15-7-5-6-10(2)12(18)19/h10H,4-9H2,1-3H3,(H,14,17)(H,15,20)(H,18,19). The summed E-state index contributed by atoms with van der Waals surface area (Å²) < 4.78 is 0. The van der Waals surface area contributed by atoms with Gasteiger partial charge in [-0.1, -0.05) is 13.8 Å². The minimum Gasteiger partial charge on any atom is -0.481 e. The quantitative estimate of drug-likeness (QED) is 0.542. The van der Waals surface area contributed by atoms with E-state index < -0.39 is 11.9 Å². The lowest BCUT2D eigenvalue weighted by Gasteiger charge is -2.21. The van der Waals surface area contributed by atoms with Crippen LogP contribution in [0.25, 0.3) is 0 Å². The smallest absolute Gasteiger partial charge is 0.317 e. The summed E-state index contributed by atoms with van der Waals surface area (Å²) in [5.74, 6) is -1.46. The fourth-order valence-corrected chi connectivity index (χ4v) is 1.61. The fraction of sp³-hybridized carbons (Fsp3) is 0.769. The summed E-state index contributed by atoms with van der Waals surface area (Å²) in [5.41, 5.74) is 0. The minimum absolute atomic E-state index is 0.0295. The second-order valence-electron chi connectivity index (χ2n) is 4.71. The summed E-state index contributed by atoms with van der Waals surface area (Å²) >= 11 is 0. The van der Waals surface area contributed by atoms with E-state index in [0.717, 1.165) is 6.42 Å². The molecule has 0 heterocycles. The van der Waals surface area contributed by atoms with Crippen molar-refractivity contribution < 1.29 is 19.5 Å². The molecule has 1 unspecified atom stereocenters. The zero-order chi connectivity index (χ0) is 15.5. The normalized spacial score (nSPS) is 11.6. The number of urea groups is 1. The van der Waals surface area contributed by atoms with Crippen LogP contribution in [0.15, 0.2) is 0 Å². The summed E-state index contributed by atoms with van der Waals surface area (Å²) in [6.45, 7) is 4.51. The van der Waals surface area contributed by atoms with Crippen molar-refractivity contribution in [3.05, 3.63) is 0 Å². The van der Waals surface area contributed by atoms with Crippen LogP contribution in [0.5, 0.6) is 0 Å². The van der Waals surface area contributed by atoms with Crippen LogP contribution in [-0.4, -0.2) is 54.6 Å². The molecule has 7 nitrogen and oxygen atoms in total. The molecule has 3 amide bonds. The predicted molar refractivity (Wildman–Crippen MR) is 75.4 cm³/mol. The summed E-state index contributed by atoms with van der Waals surface area (Å²) in [4.78, 5) is 35.3. The molecule has 0 rings (SSSR count). The van der Waals surface area contributed by atoms with Gasteiger partial charge in [-0.2, -0.15) is 0 Å². The molecule has 1 atom stereocenters. The first kappa shape index (κ1) is 18.2. The van der Waals surface area contributed by atoms with E-state index in [2.05, 4.69) is 10.6 Å². The molecule has 116 valence electrons. The highest BCUT2D eigenvalue weighted by molar-refractivity contribution is 5.83. The average Bonchev–Trinajstić information content (AvgIpc) is 2.42. The Morgan fingerprint density at radius 2 is 1.95 bits per heavy atom. The molecule has 0 saturated heterocycles. The van der Waals surface area contributed by atoms with Crippen molar-refractivity contribution in [3.8, 4) is 0 Å². The Bertz CT molecular complexity index is 334. The molecular weight excluding hydrogens is 262 g/mol. The van der Waals surface area contributed by atoms with Gasteiger partial charge in [0.15, 0.2) is 0 Å². The van der Waals surface area contributed by atoms with Crippen molar-refractivity contribution in [1.82, 2.24) is 15.5 Å². The zero-order valence-corrected chi connectivity index (χ0v) is 12.4. The Labute approximate surface area is 119 Å². The van der Waals surface area contributed by atoms with E-state index in [9.17, 15) is 14.4 Å². The summed E-state index contributed by atoms with van der Waals surface area (Å²) in [6.07, 6.45) is 1.87. The van der Waals surface area contributed by atoms with Gasteiger partial charge in [-0.15, -0.1) is 0 Å². The maximum Gasteiger partial charge on any atom is 0.317 e. The maximum atomic E-state index is 11.9. The first-order valence-corrected chi connectivity index (χ1v) is 6.88. The van der Waals surface area contributed by atoms with Gasteiger partial charge >= 0.3 is 12.0 Å². The second kappa shape index (κ2) is 10.1. The monoisotopic (exact) mass is 287 g/mol. The van der Waals surface area contributed by atoms with Crippen LogP contribution in [0, 0.1) is 5.92 Å². The lowest BCUT2D eigenvalue weighted by molar-refractivity contribution is -0.141. The Morgan fingerprint density at radius 1 is 1.30 bits per heavy atom. The highest BCUT2D eigenvalue weighted by Crippen LogP contribution is 2.04. The number of amides is 3. The molecule has 0 aliphatic carbocycles. The first-order chi connectivity index (χ1) is 9.42. The summed E-state index contributed by atoms with van der Waals surface area (Å²) in [6, 6.07) is -0.293. The lowest BCUT2D eigenvalue weighted by Crippen LogP contribution is -2.45. The van der Waals surface area contributed by atoms with Gasteiger partial charge in [0.1, 0.15) is 6.54 Å². The highest BCUT2D eigenvalue weighted by Gasteiger charge is 2.15. The topological polar surface area (TPSA) is 98.7 Å². The number of rotatable bonds is 9. The third kappa shape index (κ3) is 7.60. The van der Waals surface area contributed by atoms with E-state index in [1.807, 2.05) is 6.92 Å². The zero-order valence-electron chi connectivity index (χ0n) is 12.4. The number of aliphatic carboxylic acids is 1. The van der Waals surface area contributed by atoms with Crippen LogP contribution < -0.4 is 10.6 Å². The minimum atomic E-state index is -0.830. The summed E-state index contributed by atoms with van der Waals surface area (Å²) in [5, 5.41) is 13.9. The van der Waals surface area contributed by atoms with Gasteiger partial charge in [0.25, 0.3) is 0 Å². The van der Waals surface area contributed by atoms with Crippen LogP contribution >= 0.6 is 0 Å². The molecule has 0 saturated carbocycles. The van der Waals surface area contributed by atoms with Crippen LogP contribution in [-0.2, 0) is 9.59 Å². The van der Waals surface area contributed by atoms with Crippen molar-refractivity contribution in [3.63, 3.8) is 0 Å². The van der Waals surface area contributed by atoms with E-state index >= 15 is 0 Å². The first-order valence-electron chi connectivity index (χ1n) is 6.88. The lowest BCUT2D eigenvalue weighted by atomic mass is 10.1. The molecule has 0 aliphatic rings. The fourth-order valence-electron chi connectivity index (χ4n) is 1.61. The molecule has 0 radical (unpaired) electrons. The van der Waals surface area contributed by atoms with E-state index in [0.29, 0.717) is 25.9 Å². The Morgan fingerprint density at radius 3 is 2.45 bits per heavy atom. The molecule has 20 heavy (non-hydrogen) atoms. The van der Waals surface area contributed by atoms with E-state index in [4.69, 9.17) is 5.11 Å². The number of hydrogen-bond acceptors (Lipinski definition) is 3. The number of carboxylic acid groups (broad SMARTS) is 1. The average molecular weight is 287 g/mol. The van der Waals surface area contributed by atoms with Gasteiger partial charge < -0.3 is 20.6 Å². The Kier molecular flexibility index (Phi) is 9.15. The van der Waals surface area contributed by atoms with Crippen LogP contribution in [0.2, 0.25) is 0 Å². The number of carbonyl (C=O) groups is 3. The molecule has 0 fully saturated rings. The molecular formula is C13H25N3O4. The van der Waals surface area contributed by atoms with Crippen molar-refractivity contribution in [2.45, 2.75) is 33.1 Å². The Hall–Kier alpha value is -1.79. The van der Waals surface area contributed by atoms with E-state index in [1.54, 1.807) is 6.92 Å². The third-order valence-electron chi connectivity index (χ3n) is 2.91. The van der Waals surface area contributed by atoms with Gasteiger partial charge in [0, 0.05) is 20.1 Å². The van der Waals surface area contributed by atoms with Crippen molar-refractivity contribution >= 4 is 17.9 Å². The molecule has 0 spiro atoms. The van der Waals surface area contributed by atoms with Crippen LogP contribution in [0.1, 0.15) is 33.1 Å². The van der Waals surface area contributed by atoms with Crippen LogP contribution in [0.3, 0.4) is 0 Å². The third-order valence-corrected chi connectivity index (χ3v) is 2.91. The van der Waals surface area contributed by atoms with Gasteiger partial charge in [0.05, 0.1) is 5.92 Å². The van der Waals surface area contributed by atoms with E-state index in [1.165, 1.54) is 11.9 Å². The van der Waals surface area contributed by atoms with Crippen LogP contribution in [0.4, 0.5) is 4.79 Å². The molecule has 0 bridgehead atoms. The summed E-state index contributed by atoms with van der Waals surface area (Å²) in [7, 11) is 1.53. The second-order valence-corrected chi connectivity index (χ2v) is 4.71. The number of carbonyl (C=O) groups excluding carboxylic acids is 2. The molecule has 0 aliphatic heterocycles. The molecule has 0 aromatic carbocycles. The Balaban J connectivity index is 4.07. The molecule has 7 heteroatoms. The SMILES string of the molecule is CCCN(CC(=O)NC)C(=O)NCCCC(C)C(=O)O. The predicted octanol–water partition coefficient (Wildman–Crippen LogP) is 0.655. The van der Waals surface area contributed by atoms with Crippen molar-refractivity contribution in [1.29, 1.82) is 0 Å².